The lowest BCUT2D eigenvalue weighted by atomic mass is 10.1. The average molecular weight is 368 g/mol. The van der Waals surface area contributed by atoms with E-state index in [1.807, 2.05) is 13.0 Å². The van der Waals surface area contributed by atoms with E-state index in [0.717, 1.165) is 28.3 Å². The Morgan fingerprint density at radius 3 is 2.44 bits per heavy atom. The van der Waals surface area contributed by atoms with Crippen LogP contribution in [0.4, 0.5) is 20.2 Å². The zero-order chi connectivity index (χ0) is 18.8. The van der Waals surface area contributed by atoms with E-state index >= 15 is 0 Å². The highest BCUT2D eigenvalue weighted by molar-refractivity contribution is 7.92. The van der Waals surface area contributed by atoms with Crippen molar-refractivity contribution in [1.82, 2.24) is 0 Å². The second kappa shape index (κ2) is 7.18. The number of hydrogen-bond donors (Lipinski definition) is 1. The highest BCUT2D eigenvalue weighted by Gasteiger charge is 2.23. The molecule has 25 heavy (non-hydrogen) atoms. The summed E-state index contributed by atoms with van der Waals surface area (Å²) in [5.41, 5.74) is 1.74. The summed E-state index contributed by atoms with van der Waals surface area (Å²) in [7, 11) is -3.74. The quantitative estimate of drug-likeness (QED) is 0.882. The molecule has 0 aliphatic heterocycles. The van der Waals surface area contributed by atoms with Crippen LogP contribution in [0.2, 0.25) is 0 Å². The van der Waals surface area contributed by atoms with Gasteiger partial charge < -0.3 is 5.32 Å². The van der Waals surface area contributed by atoms with Crippen LogP contribution in [0.25, 0.3) is 0 Å². The molecule has 0 spiro atoms. The van der Waals surface area contributed by atoms with Gasteiger partial charge in [0.15, 0.2) is 0 Å². The van der Waals surface area contributed by atoms with Gasteiger partial charge in [-0.05, 0) is 43.2 Å². The zero-order valence-corrected chi connectivity index (χ0v) is 14.8. The zero-order valence-electron chi connectivity index (χ0n) is 14.0. The van der Waals surface area contributed by atoms with E-state index in [9.17, 15) is 22.0 Å². The maximum absolute atomic E-state index is 13.6. The summed E-state index contributed by atoms with van der Waals surface area (Å²) in [6, 6.07) is 7.81. The lowest BCUT2D eigenvalue weighted by Gasteiger charge is -2.24. The molecule has 2 aromatic rings. The van der Waals surface area contributed by atoms with Gasteiger partial charge in [-0.1, -0.05) is 12.1 Å². The molecule has 0 fully saturated rings. The van der Waals surface area contributed by atoms with Crippen molar-refractivity contribution in [2.45, 2.75) is 13.8 Å². The topological polar surface area (TPSA) is 66.5 Å². The number of hydrogen-bond acceptors (Lipinski definition) is 3. The van der Waals surface area contributed by atoms with Gasteiger partial charge in [-0.2, -0.15) is 0 Å². The Hall–Kier alpha value is -2.48. The van der Waals surface area contributed by atoms with E-state index in [-0.39, 0.29) is 5.69 Å². The number of carbonyl (C=O) groups excluding carboxylic acids is 1. The predicted molar refractivity (Wildman–Crippen MR) is 93.1 cm³/mol. The van der Waals surface area contributed by atoms with Crippen LogP contribution in [0, 0.1) is 25.5 Å². The van der Waals surface area contributed by atoms with Crippen molar-refractivity contribution in [3.8, 4) is 0 Å². The molecule has 1 N–H and O–H groups in total. The highest BCUT2D eigenvalue weighted by atomic mass is 32.2. The molecule has 0 aliphatic rings. The Morgan fingerprint density at radius 1 is 1.16 bits per heavy atom. The average Bonchev–Trinajstić information content (AvgIpc) is 2.50. The first kappa shape index (κ1) is 18.9. The molecule has 0 aromatic heterocycles. The molecule has 134 valence electrons. The summed E-state index contributed by atoms with van der Waals surface area (Å²) in [6.07, 6.45) is 0.987. The van der Waals surface area contributed by atoms with Crippen molar-refractivity contribution in [1.29, 1.82) is 0 Å². The van der Waals surface area contributed by atoms with Gasteiger partial charge in [-0.15, -0.1) is 0 Å². The number of amides is 1. The normalized spacial score (nSPS) is 11.2. The van der Waals surface area contributed by atoms with E-state index in [2.05, 4.69) is 5.32 Å². The molecule has 0 heterocycles. The van der Waals surface area contributed by atoms with Gasteiger partial charge >= 0.3 is 0 Å². The maximum atomic E-state index is 13.6. The first-order chi connectivity index (χ1) is 11.6. The molecular formula is C17H18F2N2O3S. The minimum atomic E-state index is -3.74. The molecule has 0 unspecified atom stereocenters. The number of nitrogens with zero attached hydrogens (tertiary/aromatic N) is 1. The van der Waals surface area contributed by atoms with Crippen molar-refractivity contribution in [2.24, 2.45) is 0 Å². The van der Waals surface area contributed by atoms with Crippen molar-refractivity contribution in [3.05, 3.63) is 59.2 Å². The Balaban J connectivity index is 2.29. The summed E-state index contributed by atoms with van der Waals surface area (Å²) < 4.78 is 51.7. The van der Waals surface area contributed by atoms with Crippen LogP contribution >= 0.6 is 0 Å². The molecule has 8 heteroatoms. The van der Waals surface area contributed by atoms with Crippen LogP contribution in [-0.4, -0.2) is 27.1 Å². The van der Waals surface area contributed by atoms with Crippen molar-refractivity contribution in [3.63, 3.8) is 0 Å². The van der Waals surface area contributed by atoms with E-state index in [1.54, 1.807) is 19.1 Å². The van der Waals surface area contributed by atoms with Crippen molar-refractivity contribution in [2.75, 3.05) is 22.4 Å². The number of carbonyl (C=O) groups is 1. The fourth-order valence-corrected chi connectivity index (χ4v) is 3.20. The van der Waals surface area contributed by atoms with Gasteiger partial charge in [0.05, 0.1) is 17.6 Å². The molecule has 0 saturated heterocycles. The monoisotopic (exact) mass is 368 g/mol. The number of aryl methyl sites for hydroxylation is 1. The molecular weight excluding hydrogens is 350 g/mol. The van der Waals surface area contributed by atoms with E-state index < -0.39 is 34.1 Å². The molecule has 0 radical (unpaired) electrons. The van der Waals surface area contributed by atoms with Gasteiger partial charge in [0.25, 0.3) is 0 Å². The Labute approximate surface area is 145 Å². The van der Waals surface area contributed by atoms with Gasteiger partial charge in [-0.3, -0.25) is 9.10 Å². The fourth-order valence-electron chi connectivity index (χ4n) is 2.30. The lowest BCUT2D eigenvalue weighted by molar-refractivity contribution is -0.114. The molecule has 0 atom stereocenters. The minimum Gasteiger partial charge on any atom is -0.322 e. The smallest absolute Gasteiger partial charge is 0.245 e. The van der Waals surface area contributed by atoms with E-state index in [1.165, 1.54) is 0 Å². The fraction of sp³-hybridized carbons (Fsp3) is 0.235. The number of halogens is 2. The second-order valence-corrected chi connectivity index (χ2v) is 7.57. The number of nitrogens with one attached hydrogen (secondary N) is 1. The summed E-state index contributed by atoms with van der Waals surface area (Å²) in [4.78, 5) is 12.2. The summed E-state index contributed by atoms with van der Waals surface area (Å²) >= 11 is 0. The maximum Gasteiger partial charge on any atom is 0.245 e. The molecule has 5 nitrogen and oxygen atoms in total. The van der Waals surface area contributed by atoms with Crippen molar-refractivity contribution < 1.29 is 22.0 Å². The van der Waals surface area contributed by atoms with E-state index in [0.29, 0.717) is 17.3 Å². The first-order valence-electron chi connectivity index (χ1n) is 7.38. The predicted octanol–water partition coefficient (Wildman–Crippen LogP) is 2.99. The lowest BCUT2D eigenvalue weighted by Crippen LogP contribution is -2.38. The van der Waals surface area contributed by atoms with E-state index in [4.69, 9.17) is 0 Å². The van der Waals surface area contributed by atoms with Crippen LogP contribution in [-0.2, 0) is 14.8 Å². The molecule has 2 rings (SSSR count). The number of sulfonamides is 1. The third-order valence-corrected chi connectivity index (χ3v) is 4.86. The Bertz CT molecular complexity index is 914. The molecule has 1 amide bonds. The highest BCUT2D eigenvalue weighted by Crippen LogP contribution is 2.25. The van der Waals surface area contributed by atoms with Crippen LogP contribution in [0.15, 0.2) is 36.4 Å². The van der Waals surface area contributed by atoms with Gasteiger partial charge in [0.2, 0.25) is 15.9 Å². The van der Waals surface area contributed by atoms with Gasteiger partial charge in [0, 0.05) is 6.07 Å². The van der Waals surface area contributed by atoms with Crippen LogP contribution in [0.5, 0.6) is 0 Å². The SMILES string of the molecule is Cc1cccc(N(CC(=O)Nc2ccc(F)cc2F)S(C)(=O)=O)c1C. The molecule has 0 bridgehead atoms. The van der Waals surface area contributed by atoms with Gasteiger partial charge in [0.1, 0.15) is 18.2 Å². The third-order valence-electron chi connectivity index (χ3n) is 3.74. The number of anilines is 2. The molecule has 2 aromatic carbocycles. The summed E-state index contributed by atoms with van der Waals surface area (Å²) in [6.45, 7) is 3.05. The summed E-state index contributed by atoms with van der Waals surface area (Å²) in [5, 5.41) is 2.26. The standard InChI is InChI=1S/C17H18F2N2O3S/c1-11-5-4-6-16(12(11)2)21(25(3,23)24)10-17(22)20-15-8-7-13(18)9-14(15)19/h4-9H,10H2,1-3H3,(H,20,22). The first-order valence-corrected chi connectivity index (χ1v) is 9.23. The van der Waals surface area contributed by atoms with Gasteiger partial charge in [-0.25, -0.2) is 17.2 Å². The van der Waals surface area contributed by atoms with Crippen LogP contribution in [0.3, 0.4) is 0 Å². The molecule has 0 saturated carbocycles. The molecule has 0 aliphatic carbocycles. The minimum absolute atomic E-state index is 0.221. The number of rotatable bonds is 5. The Morgan fingerprint density at radius 2 is 1.84 bits per heavy atom. The van der Waals surface area contributed by atoms with Crippen LogP contribution in [0.1, 0.15) is 11.1 Å². The second-order valence-electron chi connectivity index (χ2n) is 5.66. The van der Waals surface area contributed by atoms with Crippen molar-refractivity contribution >= 4 is 27.3 Å². The summed E-state index contributed by atoms with van der Waals surface area (Å²) in [5.74, 6) is -2.45. The third kappa shape index (κ3) is 4.54. The number of benzene rings is 2. The Kier molecular flexibility index (Phi) is 5.42. The van der Waals surface area contributed by atoms with Crippen LogP contribution < -0.4 is 9.62 Å². The largest absolute Gasteiger partial charge is 0.322 e.